The summed E-state index contributed by atoms with van der Waals surface area (Å²) in [5.74, 6) is 0. The zero-order valence-corrected chi connectivity index (χ0v) is 15.7. The highest BCUT2D eigenvalue weighted by Gasteiger charge is 2.38. The molecule has 0 radical (unpaired) electrons. The molecule has 0 aromatic heterocycles. The molecule has 0 N–H and O–H groups in total. The van der Waals surface area contributed by atoms with Crippen molar-refractivity contribution < 1.29 is 8.23 Å². The molecule has 0 bridgehead atoms. The van der Waals surface area contributed by atoms with Crippen LogP contribution in [0.4, 0.5) is 0 Å². The summed E-state index contributed by atoms with van der Waals surface area (Å²) in [6.07, 6.45) is 0. The van der Waals surface area contributed by atoms with Gasteiger partial charge in [0.25, 0.3) is 7.63 Å². The van der Waals surface area contributed by atoms with E-state index in [1.165, 1.54) is 0 Å². The summed E-state index contributed by atoms with van der Waals surface area (Å²) in [5.41, 5.74) is 0. The monoisotopic (exact) mass is 306 g/mol. The molecule has 0 amide bonds. The van der Waals surface area contributed by atoms with Crippen LogP contribution in [-0.2, 0) is 8.23 Å². The van der Waals surface area contributed by atoms with Gasteiger partial charge in [-0.25, -0.2) is 0 Å². The molecule has 0 fully saturated rings. The number of halogens is 2. The second-order valence-electron chi connectivity index (χ2n) is 4.86. The summed E-state index contributed by atoms with van der Waals surface area (Å²) in [4.78, 5) is 0. The van der Waals surface area contributed by atoms with Crippen LogP contribution in [-0.4, -0.2) is 32.4 Å². The normalized spacial score (nSPS) is 15.4. The van der Waals surface area contributed by atoms with E-state index in [2.05, 4.69) is 26.2 Å². The number of rotatable bonds is 5. The maximum absolute atomic E-state index is 6.15. The minimum atomic E-state index is -2.05. The van der Waals surface area contributed by atoms with Crippen molar-refractivity contribution in [2.75, 3.05) is 0 Å². The SMILES string of the molecule is C[Si](C)(Cl)O[Si](C)(C)O[Si](C)(C)[SiH2]Cl. The standard InChI is InChI=1S/C6H20Cl2O2Si4/c1-12(2,8)9-13(3,4)10-14(5,6)11-7/h11H2,1-6H3. The zero-order chi connectivity index (χ0) is 11.6. The van der Waals surface area contributed by atoms with Gasteiger partial charge in [0.05, 0.1) is 0 Å². The van der Waals surface area contributed by atoms with Crippen LogP contribution < -0.4 is 0 Å². The summed E-state index contributed by atoms with van der Waals surface area (Å²) in [5, 5.41) is 0. The van der Waals surface area contributed by atoms with Crippen molar-refractivity contribution in [2.45, 2.75) is 39.3 Å². The van der Waals surface area contributed by atoms with Crippen LogP contribution in [0.2, 0.25) is 39.3 Å². The molecule has 0 heterocycles. The lowest BCUT2D eigenvalue weighted by Gasteiger charge is -2.35. The van der Waals surface area contributed by atoms with Gasteiger partial charge in [-0.3, -0.25) is 0 Å². The first-order chi connectivity index (χ1) is 5.97. The zero-order valence-electron chi connectivity index (χ0n) is 9.78. The highest BCUT2D eigenvalue weighted by atomic mass is 35.6. The average molecular weight is 307 g/mol. The van der Waals surface area contributed by atoms with Gasteiger partial charge in [-0.05, 0) is 39.3 Å². The van der Waals surface area contributed by atoms with Crippen LogP contribution in [0, 0.1) is 0 Å². The van der Waals surface area contributed by atoms with E-state index in [1.54, 1.807) is 0 Å². The van der Waals surface area contributed by atoms with Gasteiger partial charge in [0.1, 0.15) is 8.35 Å². The summed E-state index contributed by atoms with van der Waals surface area (Å²) >= 11 is 12.1. The second-order valence-corrected chi connectivity index (χ2v) is 26.9. The van der Waals surface area contributed by atoms with E-state index in [-0.39, 0.29) is 0 Å². The third-order valence-corrected chi connectivity index (χ3v) is 19.8. The summed E-state index contributed by atoms with van der Waals surface area (Å²) in [6, 6.07) is 0. The van der Waals surface area contributed by atoms with E-state index in [4.69, 9.17) is 30.4 Å². The van der Waals surface area contributed by atoms with Crippen LogP contribution in [0.15, 0.2) is 0 Å². The van der Waals surface area contributed by atoms with E-state index in [0.29, 0.717) is 0 Å². The van der Waals surface area contributed by atoms with Gasteiger partial charge in [0.2, 0.25) is 0 Å². The predicted molar refractivity (Wildman–Crippen MR) is 74.9 cm³/mol. The first-order valence-corrected chi connectivity index (χ1v) is 18.7. The van der Waals surface area contributed by atoms with Crippen molar-refractivity contribution in [1.29, 1.82) is 0 Å². The molecule has 0 unspecified atom stereocenters. The molecule has 0 rings (SSSR count). The Balaban J connectivity index is 4.35. The van der Waals surface area contributed by atoms with E-state index < -0.39 is 32.4 Å². The van der Waals surface area contributed by atoms with Gasteiger partial charge in [0.15, 0.2) is 7.83 Å². The van der Waals surface area contributed by atoms with Gasteiger partial charge in [0, 0.05) is 0 Å². The Morgan fingerprint density at radius 1 is 0.929 bits per heavy atom. The van der Waals surface area contributed by atoms with Gasteiger partial charge in [-0.2, -0.15) is 11.1 Å². The second kappa shape index (κ2) is 5.13. The molecule has 14 heavy (non-hydrogen) atoms. The van der Waals surface area contributed by atoms with Gasteiger partial charge < -0.3 is 8.23 Å². The van der Waals surface area contributed by atoms with Gasteiger partial charge in [-0.1, -0.05) is 0 Å². The molecule has 0 aliphatic heterocycles. The molecule has 0 atom stereocenters. The summed E-state index contributed by atoms with van der Waals surface area (Å²) in [6.45, 7) is 12.4. The molecule has 2 nitrogen and oxygen atoms in total. The lowest BCUT2D eigenvalue weighted by atomic mass is 11.9. The third kappa shape index (κ3) is 7.63. The van der Waals surface area contributed by atoms with E-state index in [0.717, 1.165) is 0 Å². The van der Waals surface area contributed by atoms with Crippen molar-refractivity contribution in [3.05, 3.63) is 0 Å². The molecule has 0 saturated heterocycles. The minimum Gasteiger partial charge on any atom is -0.438 e. The molecule has 0 aromatic carbocycles. The highest BCUT2D eigenvalue weighted by Crippen LogP contribution is 2.22. The maximum Gasteiger partial charge on any atom is 0.311 e. The van der Waals surface area contributed by atoms with Crippen LogP contribution in [0.3, 0.4) is 0 Å². The van der Waals surface area contributed by atoms with Crippen molar-refractivity contribution in [2.24, 2.45) is 0 Å². The molecule has 0 aliphatic rings. The number of hydrogen-bond donors (Lipinski definition) is 0. The Kier molecular flexibility index (Phi) is 5.63. The molecule has 8 heteroatoms. The largest absolute Gasteiger partial charge is 0.438 e. The molecule has 0 saturated carbocycles. The molecule has 0 aromatic rings. The van der Waals surface area contributed by atoms with Gasteiger partial charge >= 0.3 is 8.56 Å². The first kappa shape index (κ1) is 15.4. The highest BCUT2D eigenvalue weighted by molar-refractivity contribution is 7.39. The van der Waals surface area contributed by atoms with Crippen LogP contribution >= 0.6 is 22.2 Å². The molecule has 0 aliphatic carbocycles. The van der Waals surface area contributed by atoms with Crippen molar-refractivity contribution >= 4 is 54.5 Å². The lowest BCUT2D eigenvalue weighted by molar-refractivity contribution is 0.407. The Morgan fingerprint density at radius 2 is 1.36 bits per heavy atom. The molecule has 0 spiro atoms. The average Bonchev–Trinajstić information content (AvgIpc) is 1.78. The van der Waals surface area contributed by atoms with Crippen LogP contribution in [0.25, 0.3) is 0 Å². The number of hydrogen-bond acceptors (Lipinski definition) is 2. The fourth-order valence-electron chi connectivity index (χ4n) is 1.30. The lowest BCUT2D eigenvalue weighted by Crippen LogP contribution is -2.52. The Morgan fingerprint density at radius 3 is 1.64 bits per heavy atom. The van der Waals surface area contributed by atoms with Gasteiger partial charge in [-0.15, -0.1) is 11.1 Å². The third-order valence-electron chi connectivity index (χ3n) is 1.33. The predicted octanol–water partition coefficient (Wildman–Crippen LogP) is 2.69. The Labute approximate surface area is 102 Å². The Hall–Kier alpha value is 1.37. The van der Waals surface area contributed by atoms with Crippen molar-refractivity contribution in [3.63, 3.8) is 0 Å². The molecular weight excluding hydrogens is 287 g/mol. The summed E-state index contributed by atoms with van der Waals surface area (Å²) in [7, 11) is -6.24. The topological polar surface area (TPSA) is 18.5 Å². The maximum atomic E-state index is 6.15. The minimum absolute atomic E-state index is 0.575. The van der Waals surface area contributed by atoms with Crippen molar-refractivity contribution in [1.82, 2.24) is 0 Å². The van der Waals surface area contributed by atoms with Crippen LogP contribution in [0.1, 0.15) is 0 Å². The Bertz CT molecular complexity index is 193. The first-order valence-electron chi connectivity index (χ1n) is 4.63. The molecular formula is C6H20Cl2O2Si4. The molecule has 86 valence electrons. The quantitative estimate of drug-likeness (QED) is 0.574. The fraction of sp³-hybridized carbons (Fsp3) is 1.00. The van der Waals surface area contributed by atoms with Crippen molar-refractivity contribution in [3.8, 4) is 0 Å². The fourth-order valence-corrected chi connectivity index (χ4v) is 18.8. The van der Waals surface area contributed by atoms with E-state index in [1.807, 2.05) is 13.1 Å². The van der Waals surface area contributed by atoms with Crippen LogP contribution in [0.5, 0.6) is 0 Å². The smallest absolute Gasteiger partial charge is 0.311 e. The summed E-state index contributed by atoms with van der Waals surface area (Å²) < 4.78 is 12.0. The van der Waals surface area contributed by atoms with E-state index >= 15 is 0 Å². The van der Waals surface area contributed by atoms with E-state index in [9.17, 15) is 0 Å².